The smallest absolute Gasteiger partial charge is 0.242 e. The van der Waals surface area contributed by atoms with Crippen LogP contribution in [-0.2, 0) is 16.6 Å². The Morgan fingerprint density at radius 3 is 2.47 bits per heavy atom. The summed E-state index contributed by atoms with van der Waals surface area (Å²) in [5.74, 6) is 0. The number of aliphatic hydroxyl groups excluding tert-OH is 1. The molecule has 0 spiro atoms. The SMILES string of the molecule is CN(C)CCNS(=O)(=O)c1cc(Cl)cc(CO)c1Cl. The summed E-state index contributed by atoms with van der Waals surface area (Å²) in [6.07, 6.45) is 0. The molecule has 0 saturated heterocycles. The van der Waals surface area contributed by atoms with Crippen molar-refractivity contribution in [1.29, 1.82) is 0 Å². The fraction of sp³-hybridized carbons (Fsp3) is 0.455. The number of likely N-dealkylation sites (N-methyl/N-ethyl adjacent to an activating group) is 1. The second-order valence-electron chi connectivity index (χ2n) is 4.24. The molecule has 0 heterocycles. The van der Waals surface area contributed by atoms with Crippen LogP contribution in [0, 0.1) is 0 Å². The summed E-state index contributed by atoms with van der Waals surface area (Å²) in [4.78, 5) is 1.73. The Hall–Kier alpha value is -0.370. The molecule has 1 rings (SSSR count). The lowest BCUT2D eigenvalue weighted by atomic mass is 10.2. The van der Waals surface area contributed by atoms with E-state index in [1.54, 1.807) is 0 Å². The highest BCUT2D eigenvalue weighted by molar-refractivity contribution is 7.89. The molecule has 5 nitrogen and oxygen atoms in total. The summed E-state index contributed by atoms with van der Waals surface area (Å²) in [7, 11) is -0.0702. The first-order valence-electron chi connectivity index (χ1n) is 5.51. The lowest BCUT2D eigenvalue weighted by molar-refractivity contribution is 0.281. The third-order valence-electron chi connectivity index (χ3n) is 2.39. The Labute approximate surface area is 123 Å². The van der Waals surface area contributed by atoms with Gasteiger partial charge in [-0.3, -0.25) is 0 Å². The number of nitrogens with one attached hydrogen (secondary N) is 1. The number of benzene rings is 1. The van der Waals surface area contributed by atoms with Crippen LogP contribution in [0.2, 0.25) is 10.0 Å². The molecule has 108 valence electrons. The third-order valence-corrected chi connectivity index (χ3v) is 4.65. The Balaban J connectivity index is 3.04. The van der Waals surface area contributed by atoms with Gasteiger partial charge in [-0.15, -0.1) is 0 Å². The van der Waals surface area contributed by atoms with Crippen molar-refractivity contribution < 1.29 is 13.5 Å². The van der Waals surface area contributed by atoms with E-state index in [2.05, 4.69) is 4.72 Å². The molecule has 0 aliphatic carbocycles. The number of halogens is 2. The van der Waals surface area contributed by atoms with E-state index in [4.69, 9.17) is 28.3 Å². The number of hydrogen-bond donors (Lipinski definition) is 2. The minimum Gasteiger partial charge on any atom is -0.392 e. The zero-order valence-electron chi connectivity index (χ0n) is 10.7. The van der Waals surface area contributed by atoms with Crippen LogP contribution in [0.5, 0.6) is 0 Å². The summed E-state index contributed by atoms with van der Waals surface area (Å²) in [6.45, 7) is 0.441. The summed E-state index contributed by atoms with van der Waals surface area (Å²) in [5, 5.41) is 9.32. The van der Waals surface area contributed by atoms with Crippen LogP contribution in [0.4, 0.5) is 0 Å². The van der Waals surface area contributed by atoms with E-state index in [1.807, 2.05) is 19.0 Å². The molecule has 0 radical (unpaired) electrons. The van der Waals surface area contributed by atoms with Crippen LogP contribution in [0.1, 0.15) is 5.56 Å². The van der Waals surface area contributed by atoms with Crippen molar-refractivity contribution in [2.75, 3.05) is 27.2 Å². The third kappa shape index (κ3) is 4.59. The lowest BCUT2D eigenvalue weighted by Gasteiger charge is -2.13. The Morgan fingerprint density at radius 1 is 1.32 bits per heavy atom. The molecular formula is C11H16Cl2N2O3S. The predicted octanol–water partition coefficient (Wildman–Crippen LogP) is 1.33. The van der Waals surface area contributed by atoms with Gasteiger partial charge in [0.15, 0.2) is 0 Å². The van der Waals surface area contributed by atoms with Crippen LogP contribution in [0.3, 0.4) is 0 Å². The van der Waals surface area contributed by atoms with Crippen LogP contribution >= 0.6 is 23.2 Å². The molecule has 8 heteroatoms. The van der Waals surface area contributed by atoms with Gasteiger partial charge in [0.05, 0.1) is 11.6 Å². The van der Waals surface area contributed by atoms with Gasteiger partial charge in [-0.25, -0.2) is 13.1 Å². The maximum Gasteiger partial charge on any atom is 0.242 e. The Kier molecular flexibility index (Phi) is 6.04. The van der Waals surface area contributed by atoms with Crippen molar-refractivity contribution in [2.24, 2.45) is 0 Å². The van der Waals surface area contributed by atoms with Crippen LogP contribution < -0.4 is 4.72 Å². The zero-order valence-corrected chi connectivity index (χ0v) is 13.0. The van der Waals surface area contributed by atoms with Crippen molar-refractivity contribution in [1.82, 2.24) is 9.62 Å². The summed E-state index contributed by atoms with van der Waals surface area (Å²) >= 11 is 11.8. The van der Waals surface area contributed by atoms with E-state index in [-0.39, 0.29) is 33.7 Å². The van der Waals surface area contributed by atoms with E-state index in [9.17, 15) is 8.42 Å². The summed E-state index contributed by atoms with van der Waals surface area (Å²) in [6, 6.07) is 2.70. The highest BCUT2D eigenvalue weighted by atomic mass is 35.5. The topological polar surface area (TPSA) is 69.6 Å². The molecule has 19 heavy (non-hydrogen) atoms. The molecular weight excluding hydrogens is 311 g/mol. The van der Waals surface area contributed by atoms with Crippen molar-refractivity contribution in [3.05, 3.63) is 27.7 Å². The van der Waals surface area contributed by atoms with Crippen LogP contribution in [0.25, 0.3) is 0 Å². The molecule has 0 aliphatic rings. The normalized spacial score (nSPS) is 12.1. The molecule has 1 aromatic carbocycles. The first-order chi connectivity index (χ1) is 8.77. The number of aliphatic hydroxyl groups is 1. The van der Waals surface area contributed by atoms with Gasteiger partial charge in [-0.05, 0) is 31.8 Å². The molecule has 2 N–H and O–H groups in total. The van der Waals surface area contributed by atoms with Crippen molar-refractivity contribution in [2.45, 2.75) is 11.5 Å². The second-order valence-corrected chi connectivity index (χ2v) is 6.79. The largest absolute Gasteiger partial charge is 0.392 e. The van der Waals surface area contributed by atoms with E-state index < -0.39 is 10.0 Å². The number of rotatable bonds is 6. The molecule has 0 bridgehead atoms. The molecule has 1 aromatic rings. The maximum absolute atomic E-state index is 12.1. The number of nitrogens with zero attached hydrogens (tertiary/aromatic N) is 1. The Morgan fingerprint density at radius 2 is 1.95 bits per heavy atom. The fourth-order valence-electron chi connectivity index (χ4n) is 1.41. The van der Waals surface area contributed by atoms with Gasteiger partial charge < -0.3 is 10.0 Å². The lowest BCUT2D eigenvalue weighted by Crippen LogP contribution is -2.31. The predicted molar refractivity (Wildman–Crippen MR) is 76.1 cm³/mol. The average molecular weight is 327 g/mol. The van der Waals surface area contributed by atoms with E-state index in [0.29, 0.717) is 6.54 Å². The van der Waals surface area contributed by atoms with Crippen molar-refractivity contribution in [3.63, 3.8) is 0 Å². The minimum absolute atomic E-state index is 0.00995. The first-order valence-corrected chi connectivity index (χ1v) is 7.75. The monoisotopic (exact) mass is 326 g/mol. The van der Waals surface area contributed by atoms with Gasteiger partial charge in [-0.2, -0.15) is 0 Å². The van der Waals surface area contributed by atoms with Gasteiger partial charge >= 0.3 is 0 Å². The first kappa shape index (κ1) is 16.7. The molecule has 0 atom stereocenters. The highest BCUT2D eigenvalue weighted by Gasteiger charge is 2.20. The Bertz CT molecular complexity index is 547. The number of hydrogen-bond acceptors (Lipinski definition) is 4. The van der Waals surface area contributed by atoms with Crippen molar-refractivity contribution >= 4 is 33.2 Å². The van der Waals surface area contributed by atoms with E-state index in [0.717, 1.165) is 0 Å². The quantitative estimate of drug-likeness (QED) is 0.827. The van der Waals surface area contributed by atoms with Gasteiger partial charge in [0.25, 0.3) is 0 Å². The fourth-order valence-corrected chi connectivity index (χ4v) is 3.35. The standard InChI is InChI=1S/C11H16Cl2N2O3S/c1-15(2)4-3-14-19(17,18)10-6-9(12)5-8(7-16)11(10)13/h5-6,14,16H,3-4,7H2,1-2H3. The van der Waals surface area contributed by atoms with Gasteiger partial charge in [0.2, 0.25) is 10.0 Å². The zero-order chi connectivity index (χ0) is 14.6. The molecule has 0 saturated carbocycles. The van der Waals surface area contributed by atoms with E-state index in [1.165, 1.54) is 12.1 Å². The maximum atomic E-state index is 12.1. The van der Waals surface area contributed by atoms with Crippen molar-refractivity contribution in [3.8, 4) is 0 Å². The van der Waals surface area contributed by atoms with Gasteiger partial charge in [0, 0.05) is 18.1 Å². The van der Waals surface area contributed by atoms with Gasteiger partial charge in [0.1, 0.15) is 4.90 Å². The summed E-state index contributed by atoms with van der Waals surface area (Å²) < 4.78 is 26.6. The van der Waals surface area contributed by atoms with E-state index >= 15 is 0 Å². The van der Waals surface area contributed by atoms with Crippen LogP contribution in [0.15, 0.2) is 17.0 Å². The molecule has 0 unspecified atom stereocenters. The average Bonchev–Trinajstić information content (AvgIpc) is 2.30. The molecule has 0 amide bonds. The second kappa shape index (κ2) is 6.88. The molecule has 0 aliphatic heterocycles. The molecule has 0 aromatic heterocycles. The minimum atomic E-state index is -3.75. The summed E-state index contributed by atoms with van der Waals surface area (Å²) in [5.41, 5.74) is 0.280. The number of sulfonamides is 1. The van der Waals surface area contributed by atoms with Crippen LogP contribution in [-0.4, -0.2) is 45.6 Å². The van der Waals surface area contributed by atoms with Gasteiger partial charge in [-0.1, -0.05) is 23.2 Å². The molecule has 0 fully saturated rings. The highest BCUT2D eigenvalue weighted by Crippen LogP contribution is 2.29.